The molecular weight excluding hydrogens is 244 g/mol. The van der Waals surface area contributed by atoms with E-state index >= 15 is 0 Å². The second kappa shape index (κ2) is 5.12. The Kier molecular flexibility index (Phi) is 4.10. The van der Waals surface area contributed by atoms with Crippen LogP contribution in [0.1, 0.15) is 24.8 Å². The van der Waals surface area contributed by atoms with Crippen LogP contribution in [-0.4, -0.2) is 5.91 Å². The second-order valence-corrected chi connectivity index (χ2v) is 3.94. The van der Waals surface area contributed by atoms with E-state index < -0.39 is 0 Å². The van der Waals surface area contributed by atoms with E-state index in [1.807, 2.05) is 31.2 Å². The van der Waals surface area contributed by atoms with E-state index in [-0.39, 0.29) is 11.8 Å². The van der Waals surface area contributed by atoms with Crippen LogP contribution >= 0.6 is 15.9 Å². The van der Waals surface area contributed by atoms with E-state index in [1.165, 1.54) is 0 Å². The molecule has 0 bridgehead atoms. The third kappa shape index (κ3) is 2.56. The van der Waals surface area contributed by atoms with Crippen LogP contribution < -0.4 is 11.3 Å². The first kappa shape index (κ1) is 11.2. The number of amides is 1. The minimum atomic E-state index is -0.159. The lowest BCUT2D eigenvalue weighted by Gasteiger charge is -2.13. The lowest BCUT2D eigenvalue weighted by molar-refractivity contribution is -0.122. The molecule has 0 spiro atoms. The smallest absolute Gasteiger partial charge is 0.241 e. The van der Waals surface area contributed by atoms with Crippen molar-refractivity contribution in [2.75, 3.05) is 0 Å². The molecule has 1 aromatic carbocycles. The summed E-state index contributed by atoms with van der Waals surface area (Å²) in [5.74, 6) is 4.80. The van der Waals surface area contributed by atoms with Gasteiger partial charge in [0, 0.05) is 4.47 Å². The zero-order valence-electron chi connectivity index (χ0n) is 7.96. The van der Waals surface area contributed by atoms with Gasteiger partial charge in [-0.05, 0) is 24.1 Å². The molecule has 0 saturated carbocycles. The maximum Gasteiger partial charge on any atom is 0.241 e. The third-order valence-corrected chi connectivity index (χ3v) is 2.67. The molecule has 3 N–H and O–H groups in total. The maximum absolute atomic E-state index is 11.4. The average Bonchev–Trinajstić information content (AvgIpc) is 2.21. The normalized spacial score (nSPS) is 12.2. The van der Waals surface area contributed by atoms with Gasteiger partial charge in [-0.1, -0.05) is 35.0 Å². The first-order valence-electron chi connectivity index (χ1n) is 4.45. The van der Waals surface area contributed by atoms with Crippen molar-refractivity contribution in [3.8, 4) is 0 Å². The quantitative estimate of drug-likeness (QED) is 0.494. The standard InChI is InChI=1S/C10H13BrN2O/c1-2-9(10(14)13-12)7-3-5-8(11)6-4-7/h3-6,9H,2,12H2,1H3,(H,13,14). The molecule has 0 fully saturated rings. The van der Waals surface area contributed by atoms with Crippen molar-refractivity contribution in [1.29, 1.82) is 0 Å². The number of benzene rings is 1. The molecule has 0 aliphatic rings. The largest absolute Gasteiger partial charge is 0.294 e. The van der Waals surface area contributed by atoms with Crippen LogP contribution in [0.2, 0.25) is 0 Å². The summed E-state index contributed by atoms with van der Waals surface area (Å²) in [6.07, 6.45) is 0.741. The molecule has 4 heteroatoms. The Morgan fingerprint density at radius 1 is 1.50 bits per heavy atom. The van der Waals surface area contributed by atoms with E-state index in [0.717, 1.165) is 16.5 Å². The molecule has 0 heterocycles. The highest BCUT2D eigenvalue weighted by Gasteiger charge is 2.16. The Labute approximate surface area is 91.8 Å². The number of carbonyl (C=O) groups excluding carboxylic acids is 1. The van der Waals surface area contributed by atoms with Gasteiger partial charge < -0.3 is 0 Å². The molecule has 1 unspecified atom stereocenters. The Balaban J connectivity index is 2.89. The number of nitrogens with two attached hydrogens (primary N) is 1. The molecule has 1 amide bonds. The highest BCUT2D eigenvalue weighted by molar-refractivity contribution is 9.10. The predicted molar refractivity (Wildman–Crippen MR) is 59.5 cm³/mol. The van der Waals surface area contributed by atoms with Crippen LogP contribution in [0, 0.1) is 0 Å². The molecule has 1 aromatic rings. The fourth-order valence-corrected chi connectivity index (χ4v) is 1.63. The van der Waals surface area contributed by atoms with Crippen molar-refractivity contribution >= 4 is 21.8 Å². The predicted octanol–water partition coefficient (Wildman–Crippen LogP) is 1.93. The van der Waals surface area contributed by atoms with Crippen LogP contribution in [0.5, 0.6) is 0 Å². The van der Waals surface area contributed by atoms with Crippen LogP contribution in [0.3, 0.4) is 0 Å². The monoisotopic (exact) mass is 256 g/mol. The van der Waals surface area contributed by atoms with Crippen molar-refractivity contribution < 1.29 is 4.79 Å². The Morgan fingerprint density at radius 2 is 2.07 bits per heavy atom. The van der Waals surface area contributed by atoms with Gasteiger partial charge in [0.1, 0.15) is 0 Å². The number of carbonyl (C=O) groups is 1. The Morgan fingerprint density at radius 3 is 2.50 bits per heavy atom. The number of nitrogens with one attached hydrogen (secondary N) is 1. The summed E-state index contributed by atoms with van der Waals surface area (Å²) in [5, 5.41) is 0. The van der Waals surface area contributed by atoms with Gasteiger partial charge in [-0.25, -0.2) is 5.84 Å². The average molecular weight is 257 g/mol. The van der Waals surface area contributed by atoms with Gasteiger partial charge in [-0.3, -0.25) is 10.2 Å². The van der Waals surface area contributed by atoms with E-state index in [9.17, 15) is 4.79 Å². The fourth-order valence-electron chi connectivity index (χ4n) is 1.37. The van der Waals surface area contributed by atoms with E-state index in [2.05, 4.69) is 21.4 Å². The SMILES string of the molecule is CCC(C(=O)NN)c1ccc(Br)cc1. The molecule has 0 radical (unpaired) electrons. The lowest BCUT2D eigenvalue weighted by Crippen LogP contribution is -2.34. The first-order chi connectivity index (χ1) is 6.69. The Bertz CT molecular complexity index is 310. The summed E-state index contributed by atoms with van der Waals surface area (Å²) in [4.78, 5) is 11.4. The number of hydrazine groups is 1. The molecule has 3 nitrogen and oxygen atoms in total. The van der Waals surface area contributed by atoms with Crippen LogP contribution in [-0.2, 0) is 4.79 Å². The minimum absolute atomic E-state index is 0.144. The number of rotatable bonds is 3. The van der Waals surface area contributed by atoms with Gasteiger partial charge in [-0.2, -0.15) is 0 Å². The summed E-state index contributed by atoms with van der Waals surface area (Å²) in [7, 11) is 0. The highest BCUT2D eigenvalue weighted by atomic mass is 79.9. The zero-order chi connectivity index (χ0) is 10.6. The molecule has 0 aliphatic carbocycles. The third-order valence-electron chi connectivity index (χ3n) is 2.14. The fraction of sp³-hybridized carbons (Fsp3) is 0.300. The van der Waals surface area contributed by atoms with Gasteiger partial charge in [0.2, 0.25) is 5.91 Å². The van der Waals surface area contributed by atoms with E-state index in [0.29, 0.717) is 0 Å². The van der Waals surface area contributed by atoms with Crippen molar-refractivity contribution in [3.05, 3.63) is 34.3 Å². The zero-order valence-corrected chi connectivity index (χ0v) is 9.54. The minimum Gasteiger partial charge on any atom is -0.294 e. The maximum atomic E-state index is 11.4. The summed E-state index contributed by atoms with van der Waals surface area (Å²) in [5.41, 5.74) is 3.16. The summed E-state index contributed by atoms with van der Waals surface area (Å²) < 4.78 is 1.00. The van der Waals surface area contributed by atoms with Crippen molar-refractivity contribution in [2.24, 2.45) is 5.84 Å². The molecule has 1 rings (SSSR count). The van der Waals surface area contributed by atoms with E-state index in [1.54, 1.807) is 0 Å². The summed E-state index contributed by atoms with van der Waals surface area (Å²) in [6, 6.07) is 7.69. The molecule has 76 valence electrons. The molecule has 0 aliphatic heterocycles. The van der Waals surface area contributed by atoms with Gasteiger partial charge in [-0.15, -0.1) is 0 Å². The van der Waals surface area contributed by atoms with Crippen molar-refractivity contribution in [1.82, 2.24) is 5.43 Å². The van der Waals surface area contributed by atoms with Crippen LogP contribution in [0.25, 0.3) is 0 Å². The topological polar surface area (TPSA) is 55.1 Å². The van der Waals surface area contributed by atoms with Crippen molar-refractivity contribution in [2.45, 2.75) is 19.3 Å². The van der Waals surface area contributed by atoms with Gasteiger partial charge in [0.25, 0.3) is 0 Å². The van der Waals surface area contributed by atoms with Gasteiger partial charge >= 0.3 is 0 Å². The highest BCUT2D eigenvalue weighted by Crippen LogP contribution is 2.21. The lowest BCUT2D eigenvalue weighted by atomic mass is 9.96. The molecule has 14 heavy (non-hydrogen) atoms. The molecular formula is C10H13BrN2O. The molecule has 1 atom stereocenters. The summed E-state index contributed by atoms with van der Waals surface area (Å²) in [6.45, 7) is 1.96. The molecule has 0 aromatic heterocycles. The van der Waals surface area contributed by atoms with E-state index in [4.69, 9.17) is 5.84 Å². The van der Waals surface area contributed by atoms with Gasteiger partial charge in [0.05, 0.1) is 5.92 Å². The van der Waals surface area contributed by atoms with Crippen LogP contribution in [0.4, 0.5) is 0 Å². The van der Waals surface area contributed by atoms with Crippen molar-refractivity contribution in [3.63, 3.8) is 0 Å². The first-order valence-corrected chi connectivity index (χ1v) is 5.24. The Hall–Kier alpha value is -0.870. The number of halogens is 1. The number of hydrogen-bond acceptors (Lipinski definition) is 2. The second-order valence-electron chi connectivity index (χ2n) is 3.02. The molecule has 0 saturated heterocycles. The van der Waals surface area contributed by atoms with Crippen LogP contribution in [0.15, 0.2) is 28.7 Å². The summed E-state index contributed by atoms with van der Waals surface area (Å²) >= 11 is 3.35. The number of hydrogen-bond donors (Lipinski definition) is 2. The van der Waals surface area contributed by atoms with Gasteiger partial charge in [0.15, 0.2) is 0 Å².